The number of nitrogens with zero attached hydrogens (tertiary/aromatic N) is 2. The second-order valence-electron chi connectivity index (χ2n) is 11.1. The van der Waals surface area contributed by atoms with Gasteiger partial charge in [-0.05, 0) is 70.5 Å². The number of nitrogens with two attached hydrogens (primary N) is 1. The van der Waals surface area contributed by atoms with Gasteiger partial charge in [-0.15, -0.1) is 0 Å². The largest absolute Gasteiger partial charge is 0.508 e. The lowest BCUT2D eigenvalue weighted by molar-refractivity contribution is -0.153. The van der Waals surface area contributed by atoms with E-state index < -0.39 is 58.0 Å². The van der Waals surface area contributed by atoms with Gasteiger partial charge in [-0.2, -0.15) is 0 Å². The van der Waals surface area contributed by atoms with E-state index in [1.54, 1.807) is 38.5 Å². The standard InChI is InChI=1S/C29H32N4O7/c1-12(2)32-18-11-14(17-7-5-6-8-31-17)15-9-13-10-16-22(33(3)4)25(36)21(28(30)39)27(38)29(16,40)26(37)19(13)24(35)20(15)23(18)34/h5-8,11-13,16,22,32,34-35,38,40H,9-10H2,1-4H3,(H2,30,39)/t13-,16-,22-,29-/m0/s1. The molecule has 4 atom stereocenters. The number of aromatic nitrogens is 1. The predicted molar refractivity (Wildman–Crippen MR) is 146 cm³/mol. The van der Waals surface area contributed by atoms with Crippen LogP contribution >= 0.6 is 0 Å². The number of anilines is 1. The van der Waals surface area contributed by atoms with Crippen LogP contribution in [0.15, 0.2) is 47.4 Å². The average Bonchev–Trinajstić information content (AvgIpc) is 2.87. The molecule has 7 N–H and O–H groups in total. The van der Waals surface area contributed by atoms with Crippen LogP contribution in [0.2, 0.25) is 0 Å². The Balaban J connectivity index is 1.78. The number of ketones is 2. The van der Waals surface area contributed by atoms with Gasteiger partial charge in [0.2, 0.25) is 5.78 Å². The summed E-state index contributed by atoms with van der Waals surface area (Å²) in [6, 6.07) is 5.90. The van der Waals surface area contributed by atoms with Crippen molar-refractivity contribution in [1.29, 1.82) is 0 Å². The van der Waals surface area contributed by atoms with Crippen molar-refractivity contribution in [1.82, 2.24) is 9.88 Å². The van der Waals surface area contributed by atoms with Crippen molar-refractivity contribution in [2.75, 3.05) is 19.4 Å². The van der Waals surface area contributed by atoms with Crippen LogP contribution in [0.4, 0.5) is 5.69 Å². The van der Waals surface area contributed by atoms with Crippen molar-refractivity contribution >= 4 is 28.9 Å². The number of aliphatic hydroxyl groups is 3. The normalized spacial score (nSPS) is 26.1. The number of rotatable bonds is 5. The van der Waals surface area contributed by atoms with Crippen molar-refractivity contribution in [2.24, 2.45) is 17.6 Å². The zero-order chi connectivity index (χ0) is 29.3. The minimum atomic E-state index is -2.68. The second-order valence-corrected chi connectivity index (χ2v) is 11.1. The smallest absolute Gasteiger partial charge is 0.255 e. The molecule has 1 fully saturated rings. The Morgan fingerprint density at radius 2 is 1.90 bits per heavy atom. The van der Waals surface area contributed by atoms with E-state index in [-0.39, 0.29) is 35.8 Å². The van der Waals surface area contributed by atoms with E-state index >= 15 is 0 Å². The summed E-state index contributed by atoms with van der Waals surface area (Å²) < 4.78 is 0. The van der Waals surface area contributed by atoms with Crippen LogP contribution in [0, 0.1) is 11.8 Å². The topological polar surface area (TPSA) is 186 Å². The number of carbonyl (C=O) groups excluding carboxylic acids is 3. The molecule has 40 heavy (non-hydrogen) atoms. The Kier molecular flexibility index (Phi) is 6.47. The monoisotopic (exact) mass is 548 g/mol. The molecule has 11 heteroatoms. The molecule has 0 unspecified atom stereocenters. The van der Waals surface area contributed by atoms with Gasteiger partial charge >= 0.3 is 0 Å². The maximum atomic E-state index is 14.1. The molecule has 0 bridgehead atoms. The summed E-state index contributed by atoms with van der Waals surface area (Å²) in [7, 11) is 3.13. The first kappa shape index (κ1) is 27.4. The number of phenols is 1. The van der Waals surface area contributed by atoms with Gasteiger partial charge < -0.3 is 31.5 Å². The summed E-state index contributed by atoms with van der Waals surface area (Å²) in [4.78, 5) is 45.4. The molecule has 1 aromatic carbocycles. The van der Waals surface area contributed by atoms with E-state index in [4.69, 9.17) is 5.73 Å². The number of hydrogen-bond acceptors (Lipinski definition) is 10. The molecule has 0 spiro atoms. The quantitative estimate of drug-likeness (QED) is 0.238. The maximum Gasteiger partial charge on any atom is 0.255 e. The van der Waals surface area contributed by atoms with Crippen molar-refractivity contribution < 1.29 is 34.8 Å². The van der Waals surface area contributed by atoms with E-state index in [0.717, 1.165) is 0 Å². The summed E-state index contributed by atoms with van der Waals surface area (Å²) in [5.41, 5.74) is 3.77. The summed E-state index contributed by atoms with van der Waals surface area (Å²) in [6.45, 7) is 3.76. The number of Topliss-reactive ketones (excluding diaryl/α,β-unsaturated/α-hetero) is 2. The molecule has 0 aliphatic heterocycles. The second kappa shape index (κ2) is 9.46. The Bertz CT molecular complexity index is 1510. The van der Waals surface area contributed by atoms with Crippen molar-refractivity contribution in [2.45, 2.75) is 44.4 Å². The van der Waals surface area contributed by atoms with Gasteiger partial charge in [-0.3, -0.25) is 24.3 Å². The Labute approximate surface area is 230 Å². The number of pyridine rings is 1. The molecule has 0 radical (unpaired) electrons. The fourth-order valence-electron chi connectivity index (χ4n) is 6.48. The third-order valence-electron chi connectivity index (χ3n) is 8.11. The highest BCUT2D eigenvalue weighted by atomic mass is 16.3. The van der Waals surface area contributed by atoms with Gasteiger partial charge in [0.1, 0.15) is 22.8 Å². The lowest BCUT2D eigenvalue weighted by Crippen LogP contribution is -2.65. The fourth-order valence-corrected chi connectivity index (χ4v) is 6.48. The van der Waals surface area contributed by atoms with Crippen LogP contribution in [0.3, 0.4) is 0 Å². The zero-order valence-electron chi connectivity index (χ0n) is 22.6. The van der Waals surface area contributed by atoms with Crippen LogP contribution < -0.4 is 11.1 Å². The summed E-state index contributed by atoms with van der Waals surface area (Å²) in [5.74, 6) is -6.86. The molecule has 1 heterocycles. The van der Waals surface area contributed by atoms with Crippen LogP contribution in [-0.4, -0.2) is 79.6 Å². The number of phenolic OH excluding ortho intramolecular Hbond substituents is 1. The van der Waals surface area contributed by atoms with E-state index in [0.29, 0.717) is 22.5 Å². The third kappa shape index (κ3) is 3.80. The highest BCUT2D eigenvalue weighted by molar-refractivity contribution is 6.24. The van der Waals surface area contributed by atoms with Gasteiger partial charge in [0, 0.05) is 29.3 Å². The molecule has 1 amide bonds. The number of likely N-dealkylation sites (N-methyl/N-ethyl adjacent to an activating group) is 1. The summed E-state index contributed by atoms with van der Waals surface area (Å²) in [5, 5.41) is 48.8. The SMILES string of the molecule is CC(C)Nc1cc(-c2ccccn2)c2c(c1O)C(O)=C1C(=O)[C@]3(O)C(O)=C(C(N)=O)C(=O)[C@@H](N(C)C)[C@@H]3C[C@@H]1C2. The molecular weight excluding hydrogens is 516 g/mol. The Morgan fingerprint density at radius 1 is 1.20 bits per heavy atom. The highest BCUT2D eigenvalue weighted by Crippen LogP contribution is 2.54. The molecule has 210 valence electrons. The fraction of sp³-hybridized carbons (Fsp3) is 0.379. The number of carbonyl (C=O) groups is 3. The zero-order valence-corrected chi connectivity index (χ0v) is 22.6. The lowest BCUT2D eigenvalue weighted by atomic mass is 9.57. The van der Waals surface area contributed by atoms with Gasteiger partial charge in [-0.1, -0.05) is 6.07 Å². The van der Waals surface area contributed by atoms with Crippen molar-refractivity contribution in [3.8, 4) is 17.0 Å². The number of benzene rings is 1. The van der Waals surface area contributed by atoms with Crippen molar-refractivity contribution in [3.63, 3.8) is 0 Å². The minimum Gasteiger partial charge on any atom is -0.508 e. The highest BCUT2D eigenvalue weighted by Gasteiger charge is 2.64. The van der Waals surface area contributed by atoms with E-state index in [9.17, 15) is 34.8 Å². The summed E-state index contributed by atoms with van der Waals surface area (Å²) in [6.07, 6.45) is 1.81. The molecule has 0 saturated heterocycles. The molecule has 2 aromatic rings. The van der Waals surface area contributed by atoms with Crippen LogP contribution in [0.1, 0.15) is 31.4 Å². The van der Waals surface area contributed by atoms with Crippen molar-refractivity contribution in [3.05, 3.63) is 58.5 Å². The van der Waals surface area contributed by atoms with Gasteiger partial charge in [0.05, 0.1) is 23.0 Å². The first-order valence-corrected chi connectivity index (χ1v) is 13.0. The number of amides is 1. The van der Waals surface area contributed by atoms with E-state index in [2.05, 4.69) is 10.3 Å². The number of nitrogens with one attached hydrogen (secondary N) is 1. The maximum absolute atomic E-state index is 14.1. The van der Waals surface area contributed by atoms with E-state index in [1.165, 1.54) is 4.90 Å². The number of aliphatic hydroxyl groups excluding tert-OH is 2. The average molecular weight is 549 g/mol. The number of hydrogen-bond donors (Lipinski definition) is 6. The lowest BCUT2D eigenvalue weighted by Gasteiger charge is -2.50. The number of primary amides is 1. The molecule has 5 rings (SSSR count). The first-order valence-electron chi connectivity index (χ1n) is 13.0. The number of aromatic hydroxyl groups is 1. The van der Waals surface area contributed by atoms with Gasteiger partial charge in [-0.25, -0.2) is 0 Å². The Morgan fingerprint density at radius 3 is 2.48 bits per heavy atom. The predicted octanol–water partition coefficient (Wildman–Crippen LogP) is 1.85. The first-order chi connectivity index (χ1) is 18.8. The molecule has 1 saturated carbocycles. The molecule has 3 aliphatic rings. The minimum absolute atomic E-state index is 0.0141. The molecular formula is C29H32N4O7. The van der Waals surface area contributed by atoms with Gasteiger partial charge in [0.15, 0.2) is 11.4 Å². The molecule has 1 aromatic heterocycles. The number of fused-ring (bicyclic) bond motifs is 3. The van der Waals surface area contributed by atoms with Gasteiger partial charge in [0.25, 0.3) is 5.91 Å². The van der Waals surface area contributed by atoms with Crippen LogP contribution in [0.25, 0.3) is 17.0 Å². The van der Waals surface area contributed by atoms with Crippen LogP contribution in [-0.2, 0) is 20.8 Å². The van der Waals surface area contributed by atoms with E-state index in [1.807, 2.05) is 19.9 Å². The third-order valence-corrected chi connectivity index (χ3v) is 8.11. The Hall–Kier alpha value is -4.22. The summed E-state index contributed by atoms with van der Waals surface area (Å²) >= 11 is 0. The molecule has 11 nitrogen and oxygen atoms in total. The molecule has 3 aliphatic carbocycles. The van der Waals surface area contributed by atoms with Crippen LogP contribution in [0.5, 0.6) is 5.75 Å².